The van der Waals surface area contributed by atoms with Crippen molar-refractivity contribution in [2.45, 2.75) is 19.4 Å². The van der Waals surface area contributed by atoms with Gasteiger partial charge in [0, 0.05) is 18.7 Å². The second kappa shape index (κ2) is 6.79. The summed E-state index contributed by atoms with van der Waals surface area (Å²) in [5, 5.41) is 0. The molecule has 1 atom stereocenters. The van der Waals surface area contributed by atoms with E-state index in [-0.39, 0.29) is 5.91 Å². The number of fused-ring (bicyclic) bond motifs is 1. The molecule has 6 nitrogen and oxygen atoms in total. The fourth-order valence-electron chi connectivity index (χ4n) is 2.42. The first-order chi connectivity index (χ1) is 10.5. The first kappa shape index (κ1) is 16.3. The third kappa shape index (κ3) is 3.06. The smallest absolute Gasteiger partial charge is 0.268 e. The molecule has 1 aliphatic rings. The second-order valence-corrected chi connectivity index (χ2v) is 5.50. The Labute approximate surface area is 130 Å². The molecule has 1 aliphatic heterocycles. The van der Waals surface area contributed by atoms with Crippen LogP contribution >= 0.6 is 0 Å². The minimum absolute atomic E-state index is 0.0815. The Morgan fingerprint density at radius 1 is 1.41 bits per heavy atom. The van der Waals surface area contributed by atoms with Crippen molar-refractivity contribution in [3.8, 4) is 11.5 Å². The number of benzene rings is 1. The number of hydrogen-bond acceptors (Lipinski definition) is 5. The first-order valence-corrected chi connectivity index (χ1v) is 7.31. The van der Waals surface area contributed by atoms with E-state index in [1.54, 1.807) is 17.0 Å². The lowest BCUT2D eigenvalue weighted by molar-refractivity contribution is -0.126. The number of carbonyl (C=O) groups excluding carboxylic acids is 2. The maximum absolute atomic E-state index is 12.6. The lowest BCUT2D eigenvalue weighted by Crippen LogP contribution is -2.48. The number of amides is 1. The Hall–Kier alpha value is -2.08. The van der Waals surface area contributed by atoms with E-state index in [0.29, 0.717) is 35.7 Å². The fraction of sp³-hybridized carbons (Fsp3) is 0.500. The third-order valence-corrected chi connectivity index (χ3v) is 3.65. The largest absolute Gasteiger partial charge is 0.493 e. The Morgan fingerprint density at radius 3 is 2.68 bits per heavy atom. The fourth-order valence-corrected chi connectivity index (χ4v) is 2.42. The van der Waals surface area contributed by atoms with Gasteiger partial charge in [-0.3, -0.25) is 9.59 Å². The molecule has 0 spiro atoms. The van der Waals surface area contributed by atoms with Crippen molar-refractivity contribution in [2.24, 2.45) is 0 Å². The van der Waals surface area contributed by atoms with Crippen molar-refractivity contribution in [3.63, 3.8) is 0 Å². The van der Waals surface area contributed by atoms with Crippen molar-refractivity contribution in [1.29, 1.82) is 0 Å². The molecule has 0 fully saturated rings. The summed E-state index contributed by atoms with van der Waals surface area (Å²) in [4.78, 5) is 27.4. The van der Waals surface area contributed by atoms with Crippen molar-refractivity contribution in [1.82, 2.24) is 4.90 Å². The summed E-state index contributed by atoms with van der Waals surface area (Å²) < 4.78 is 11.1. The number of anilines is 1. The lowest BCUT2D eigenvalue weighted by Gasteiger charge is -2.35. The molecule has 0 saturated carbocycles. The molecule has 0 aliphatic carbocycles. The van der Waals surface area contributed by atoms with Crippen LogP contribution in [0.1, 0.15) is 23.7 Å². The minimum Gasteiger partial charge on any atom is -0.493 e. The maximum atomic E-state index is 12.6. The SMILES string of the molecule is CCC1Oc2c(OC)cc(C=O)cc2N(CCN(C)C)C1=O. The molecule has 2 rings (SSSR count). The van der Waals surface area contributed by atoms with Crippen molar-refractivity contribution < 1.29 is 19.1 Å². The van der Waals surface area contributed by atoms with Gasteiger partial charge in [0.25, 0.3) is 5.91 Å². The molecule has 120 valence electrons. The average molecular weight is 306 g/mol. The molecule has 0 N–H and O–H groups in total. The van der Waals surface area contributed by atoms with Crippen molar-refractivity contribution in [3.05, 3.63) is 17.7 Å². The number of methoxy groups -OCH3 is 1. The molecule has 1 aromatic carbocycles. The van der Waals surface area contributed by atoms with Gasteiger partial charge in [-0.15, -0.1) is 0 Å². The molecule has 0 bridgehead atoms. The molecule has 0 radical (unpaired) electrons. The molecule has 0 aromatic heterocycles. The van der Waals surface area contributed by atoms with Crippen molar-refractivity contribution >= 4 is 17.9 Å². The molecule has 1 unspecified atom stereocenters. The van der Waals surface area contributed by atoms with E-state index in [1.807, 2.05) is 25.9 Å². The van der Waals surface area contributed by atoms with E-state index in [4.69, 9.17) is 9.47 Å². The molecular weight excluding hydrogens is 284 g/mol. The number of rotatable bonds is 6. The monoisotopic (exact) mass is 306 g/mol. The van der Waals surface area contributed by atoms with E-state index in [9.17, 15) is 9.59 Å². The summed E-state index contributed by atoms with van der Waals surface area (Å²) in [5.41, 5.74) is 1.05. The van der Waals surface area contributed by atoms with Crippen LogP contribution in [0.2, 0.25) is 0 Å². The standard InChI is InChI=1S/C16H22N2O4/c1-5-13-16(20)18(7-6-17(2)3)12-8-11(10-19)9-14(21-4)15(12)22-13/h8-10,13H,5-7H2,1-4H3. The summed E-state index contributed by atoms with van der Waals surface area (Å²) in [6.07, 6.45) is 0.796. The molecule has 1 heterocycles. The van der Waals surface area contributed by atoms with E-state index < -0.39 is 6.10 Å². The van der Waals surface area contributed by atoms with Crippen LogP contribution in [0.4, 0.5) is 5.69 Å². The maximum Gasteiger partial charge on any atom is 0.268 e. The number of nitrogens with zero attached hydrogens (tertiary/aromatic N) is 2. The Balaban J connectivity index is 2.49. The third-order valence-electron chi connectivity index (χ3n) is 3.65. The van der Waals surface area contributed by atoms with Gasteiger partial charge in [0.1, 0.15) is 6.29 Å². The first-order valence-electron chi connectivity index (χ1n) is 7.31. The van der Waals surface area contributed by atoms with Crippen molar-refractivity contribution in [2.75, 3.05) is 39.2 Å². The number of likely N-dealkylation sites (N-methyl/N-ethyl adjacent to an activating group) is 1. The zero-order valence-electron chi connectivity index (χ0n) is 13.5. The predicted molar refractivity (Wildman–Crippen MR) is 84.0 cm³/mol. The predicted octanol–water partition coefficient (Wildman–Crippen LogP) is 1.57. The lowest BCUT2D eigenvalue weighted by atomic mass is 10.1. The number of ether oxygens (including phenoxy) is 2. The molecule has 0 saturated heterocycles. The molecule has 1 aromatic rings. The van der Waals surface area contributed by atoms with Crippen LogP contribution in [-0.2, 0) is 4.79 Å². The molecule has 22 heavy (non-hydrogen) atoms. The summed E-state index contributed by atoms with van der Waals surface area (Å²) in [6, 6.07) is 3.29. The van der Waals surface area contributed by atoms with Gasteiger partial charge in [-0.2, -0.15) is 0 Å². The average Bonchev–Trinajstić information content (AvgIpc) is 2.52. The van der Waals surface area contributed by atoms with Crippen LogP contribution in [0.25, 0.3) is 0 Å². The van der Waals surface area contributed by atoms with E-state index in [2.05, 4.69) is 0 Å². The summed E-state index contributed by atoms with van der Waals surface area (Å²) in [6.45, 7) is 3.16. The highest BCUT2D eigenvalue weighted by Gasteiger charge is 2.35. The normalized spacial score (nSPS) is 17.2. The topological polar surface area (TPSA) is 59.1 Å². The van der Waals surface area contributed by atoms with Crippen LogP contribution in [0.15, 0.2) is 12.1 Å². The van der Waals surface area contributed by atoms with Gasteiger partial charge in [-0.25, -0.2) is 0 Å². The highest BCUT2D eigenvalue weighted by Crippen LogP contribution is 2.42. The summed E-state index contributed by atoms with van der Waals surface area (Å²) in [7, 11) is 5.42. The van der Waals surface area contributed by atoms with Crippen LogP contribution in [-0.4, -0.2) is 57.5 Å². The van der Waals surface area contributed by atoms with E-state index in [0.717, 1.165) is 12.8 Å². The Bertz CT molecular complexity index is 572. The molecule has 1 amide bonds. The second-order valence-electron chi connectivity index (χ2n) is 5.50. The van der Waals surface area contributed by atoms with Crippen LogP contribution in [0.3, 0.4) is 0 Å². The van der Waals surface area contributed by atoms with Crippen LogP contribution in [0.5, 0.6) is 11.5 Å². The number of carbonyl (C=O) groups is 2. The zero-order valence-corrected chi connectivity index (χ0v) is 13.5. The quantitative estimate of drug-likeness (QED) is 0.747. The zero-order chi connectivity index (χ0) is 16.3. The van der Waals surface area contributed by atoms with Crippen LogP contribution < -0.4 is 14.4 Å². The summed E-state index contributed by atoms with van der Waals surface area (Å²) >= 11 is 0. The summed E-state index contributed by atoms with van der Waals surface area (Å²) in [5.74, 6) is 0.917. The van der Waals surface area contributed by atoms with Crippen LogP contribution in [0, 0.1) is 0 Å². The highest BCUT2D eigenvalue weighted by atomic mass is 16.5. The molecular formula is C16H22N2O4. The van der Waals surface area contributed by atoms with Gasteiger partial charge in [0.2, 0.25) is 0 Å². The Morgan fingerprint density at radius 2 is 2.14 bits per heavy atom. The highest BCUT2D eigenvalue weighted by molar-refractivity contribution is 6.01. The van der Waals surface area contributed by atoms with Gasteiger partial charge < -0.3 is 19.3 Å². The van der Waals surface area contributed by atoms with Gasteiger partial charge in [0.15, 0.2) is 17.6 Å². The Kier molecular flexibility index (Phi) is 5.03. The van der Waals surface area contributed by atoms with Gasteiger partial charge in [-0.1, -0.05) is 6.92 Å². The minimum atomic E-state index is -0.523. The van der Waals surface area contributed by atoms with E-state index >= 15 is 0 Å². The van der Waals surface area contributed by atoms with E-state index in [1.165, 1.54) is 7.11 Å². The number of aldehydes is 1. The number of hydrogen-bond donors (Lipinski definition) is 0. The van der Waals surface area contributed by atoms with Gasteiger partial charge in [0.05, 0.1) is 12.8 Å². The van der Waals surface area contributed by atoms with Gasteiger partial charge in [-0.05, 0) is 32.6 Å². The molecule has 6 heteroatoms. The van der Waals surface area contributed by atoms with Gasteiger partial charge >= 0.3 is 0 Å².